The van der Waals surface area contributed by atoms with Crippen LogP contribution in [0.1, 0.15) is 38.3 Å². The second kappa shape index (κ2) is 6.58. The lowest BCUT2D eigenvalue weighted by Gasteiger charge is -2.08. The van der Waals surface area contributed by atoms with E-state index in [4.69, 9.17) is 10.5 Å². The molecule has 15 heavy (non-hydrogen) atoms. The van der Waals surface area contributed by atoms with Crippen molar-refractivity contribution in [3.05, 3.63) is 18.0 Å². The number of aryl methyl sites for hydroxylation is 1. The molecule has 1 rings (SSSR count). The van der Waals surface area contributed by atoms with E-state index in [1.54, 1.807) is 0 Å². The molecule has 0 bridgehead atoms. The highest BCUT2D eigenvalue weighted by molar-refractivity contribution is 5.09. The Bertz CT molecular complexity index is 273. The van der Waals surface area contributed by atoms with Crippen LogP contribution in [-0.2, 0) is 11.3 Å². The van der Waals surface area contributed by atoms with Crippen LogP contribution in [0.25, 0.3) is 0 Å². The third-order valence-corrected chi connectivity index (χ3v) is 2.31. The first-order chi connectivity index (χ1) is 7.27. The molecule has 1 atom stereocenters. The van der Waals surface area contributed by atoms with Crippen molar-refractivity contribution in [3.63, 3.8) is 0 Å². The van der Waals surface area contributed by atoms with Crippen LogP contribution in [0.2, 0.25) is 0 Å². The molecule has 1 aromatic rings. The first kappa shape index (κ1) is 12.2. The van der Waals surface area contributed by atoms with Gasteiger partial charge in [-0.15, -0.1) is 0 Å². The van der Waals surface area contributed by atoms with Crippen molar-refractivity contribution in [3.8, 4) is 0 Å². The highest BCUT2D eigenvalue weighted by Crippen LogP contribution is 2.12. The van der Waals surface area contributed by atoms with Crippen molar-refractivity contribution < 1.29 is 4.74 Å². The minimum Gasteiger partial charge on any atom is -0.382 e. The minimum atomic E-state index is 0.0437. The molecule has 1 aromatic heterocycles. The standard InChI is InChI=1S/C11H21N3O/c1-3-6-14-9-10(8-13-14)11(12)5-7-15-4-2/h8-9,11H,3-7,12H2,1-2H3. The number of rotatable bonds is 7. The summed E-state index contributed by atoms with van der Waals surface area (Å²) in [5, 5.41) is 4.25. The largest absolute Gasteiger partial charge is 0.382 e. The van der Waals surface area contributed by atoms with Gasteiger partial charge in [-0.3, -0.25) is 4.68 Å². The SMILES string of the molecule is CCCn1cc(C(N)CCOCC)cn1. The first-order valence-electron chi connectivity index (χ1n) is 5.63. The maximum atomic E-state index is 6.01. The monoisotopic (exact) mass is 211 g/mol. The van der Waals surface area contributed by atoms with Gasteiger partial charge in [-0.1, -0.05) is 6.92 Å². The van der Waals surface area contributed by atoms with Gasteiger partial charge in [0.25, 0.3) is 0 Å². The molecule has 0 aliphatic carbocycles. The van der Waals surface area contributed by atoms with E-state index >= 15 is 0 Å². The average Bonchev–Trinajstić information content (AvgIpc) is 2.67. The van der Waals surface area contributed by atoms with Gasteiger partial charge < -0.3 is 10.5 Å². The zero-order valence-corrected chi connectivity index (χ0v) is 9.65. The maximum Gasteiger partial charge on any atom is 0.0537 e. The topological polar surface area (TPSA) is 53.1 Å². The molecule has 0 fully saturated rings. The quantitative estimate of drug-likeness (QED) is 0.699. The summed E-state index contributed by atoms with van der Waals surface area (Å²) in [7, 11) is 0. The Morgan fingerprint density at radius 1 is 1.53 bits per heavy atom. The lowest BCUT2D eigenvalue weighted by Crippen LogP contribution is -2.12. The van der Waals surface area contributed by atoms with Crippen LogP contribution in [-0.4, -0.2) is 23.0 Å². The second-order valence-electron chi connectivity index (χ2n) is 3.63. The fourth-order valence-electron chi connectivity index (χ4n) is 1.44. The van der Waals surface area contributed by atoms with E-state index in [1.165, 1.54) is 0 Å². The zero-order valence-electron chi connectivity index (χ0n) is 9.65. The van der Waals surface area contributed by atoms with Gasteiger partial charge in [-0.2, -0.15) is 5.10 Å². The summed E-state index contributed by atoms with van der Waals surface area (Å²) < 4.78 is 7.21. The molecular weight excluding hydrogens is 190 g/mol. The summed E-state index contributed by atoms with van der Waals surface area (Å²) in [6, 6.07) is 0.0437. The fourth-order valence-corrected chi connectivity index (χ4v) is 1.44. The Morgan fingerprint density at radius 2 is 2.33 bits per heavy atom. The Balaban J connectivity index is 2.39. The van der Waals surface area contributed by atoms with Crippen molar-refractivity contribution in [2.45, 2.75) is 39.3 Å². The molecule has 86 valence electrons. The van der Waals surface area contributed by atoms with E-state index in [0.29, 0.717) is 0 Å². The smallest absolute Gasteiger partial charge is 0.0537 e. The van der Waals surface area contributed by atoms with Crippen molar-refractivity contribution in [1.29, 1.82) is 0 Å². The molecule has 1 heterocycles. The molecule has 0 radical (unpaired) electrons. The maximum absolute atomic E-state index is 6.01. The molecule has 0 aliphatic rings. The van der Waals surface area contributed by atoms with E-state index in [-0.39, 0.29) is 6.04 Å². The van der Waals surface area contributed by atoms with Crippen LogP contribution < -0.4 is 5.73 Å². The van der Waals surface area contributed by atoms with Crippen LogP contribution in [0.4, 0.5) is 0 Å². The number of nitrogens with two attached hydrogens (primary N) is 1. The Hall–Kier alpha value is -0.870. The molecular formula is C11H21N3O. The average molecular weight is 211 g/mol. The number of aromatic nitrogens is 2. The molecule has 4 heteroatoms. The van der Waals surface area contributed by atoms with Crippen molar-refractivity contribution >= 4 is 0 Å². The van der Waals surface area contributed by atoms with E-state index < -0.39 is 0 Å². The molecule has 1 unspecified atom stereocenters. The van der Waals surface area contributed by atoms with Crippen molar-refractivity contribution in [2.24, 2.45) is 5.73 Å². The van der Waals surface area contributed by atoms with Gasteiger partial charge in [0.15, 0.2) is 0 Å². The second-order valence-corrected chi connectivity index (χ2v) is 3.63. The third-order valence-electron chi connectivity index (χ3n) is 2.31. The van der Waals surface area contributed by atoms with E-state index in [1.807, 2.05) is 24.0 Å². The van der Waals surface area contributed by atoms with Gasteiger partial charge >= 0.3 is 0 Å². The Kier molecular flexibility index (Phi) is 5.36. The van der Waals surface area contributed by atoms with Crippen molar-refractivity contribution in [1.82, 2.24) is 9.78 Å². The molecule has 0 saturated heterocycles. The zero-order chi connectivity index (χ0) is 11.1. The molecule has 0 saturated carbocycles. The number of ether oxygens (including phenoxy) is 1. The fraction of sp³-hybridized carbons (Fsp3) is 0.727. The lowest BCUT2D eigenvalue weighted by molar-refractivity contribution is 0.140. The Labute approximate surface area is 91.4 Å². The highest BCUT2D eigenvalue weighted by Gasteiger charge is 2.07. The van der Waals surface area contributed by atoms with Gasteiger partial charge in [0.05, 0.1) is 6.20 Å². The summed E-state index contributed by atoms with van der Waals surface area (Å²) >= 11 is 0. The predicted octanol–water partition coefficient (Wildman–Crippen LogP) is 1.72. The number of hydrogen-bond donors (Lipinski definition) is 1. The van der Waals surface area contributed by atoms with Crippen LogP contribution in [0.3, 0.4) is 0 Å². The Morgan fingerprint density at radius 3 is 3.00 bits per heavy atom. The van der Waals surface area contributed by atoms with Crippen LogP contribution in [0, 0.1) is 0 Å². The number of nitrogens with zero attached hydrogens (tertiary/aromatic N) is 2. The van der Waals surface area contributed by atoms with Gasteiger partial charge in [0.1, 0.15) is 0 Å². The minimum absolute atomic E-state index is 0.0437. The summed E-state index contributed by atoms with van der Waals surface area (Å²) in [5.74, 6) is 0. The third kappa shape index (κ3) is 4.01. The summed E-state index contributed by atoms with van der Waals surface area (Å²) in [5.41, 5.74) is 7.11. The lowest BCUT2D eigenvalue weighted by atomic mass is 10.1. The van der Waals surface area contributed by atoms with Crippen LogP contribution in [0.5, 0.6) is 0 Å². The normalized spacial score (nSPS) is 13.0. The van der Waals surface area contributed by atoms with Crippen LogP contribution in [0.15, 0.2) is 12.4 Å². The van der Waals surface area contributed by atoms with Crippen LogP contribution >= 0.6 is 0 Å². The highest BCUT2D eigenvalue weighted by atomic mass is 16.5. The predicted molar refractivity (Wildman–Crippen MR) is 60.6 cm³/mol. The first-order valence-corrected chi connectivity index (χ1v) is 5.63. The summed E-state index contributed by atoms with van der Waals surface area (Å²) in [6.07, 6.45) is 5.83. The van der Waals surface area contributed by atoms with Gasteiger partial charge in [-0.25, -0.2) is 0 Å². The summed E-state index contributed by atoms with van der Waals surface area (Å²) in [4.78, 5) is 0. The van der Waals surface area contributed by atoms with Gasteiger partial charge in [0, 0.05) is 37.6 Å². The van der Waals surface area contributed by atoms with Gasteiger partial charge in [0.2, 0.25) is 0 Å². The molecule has 0 amide bonds. The number of hydrogen-bond acceptors (Lipinski definition) is 3. The molecule has 0 aliphatic heterocycles. The molecule has 2 N–H and O–H groups in total. The molecule has 0 spiro atoms. The van der Waals surface area contributed by atoms with Gasteiger partial charge in [-0.05, 0) is 19.8 Å². The summed E-state index contributed by atoms with van der Waals surface area (Å²) in [6.45, 7) is 6.55. The molecule has 0 aromatic carbocycles. The van der Waals surface area contributed by atoms with Crippen molar-refractivity contribution in [2.75, 3.05) is 13.2 Å². The van der Waals surface area contributed by atoms with E-state index in [2.05, 4.69) is 12.0 Å². The van der Waals surface area contributed by atoms with E-state index in [0.717, 1.165) is 38.2 Å². The van der Waals surface area contributed by atoms with E-state index in [9.17, 15) is 0 Å². The molecule has 4 nitrogen and oxygen atoms in total.